The zero-order valence-corrected chi connectivity index (χ0v) is 43.4. The zero-order valence-electron chi connectivity index (χ0n) is 43.4. The Morgan fingerprint density at radius 1 is 0.379 bits per heavy atom. The summed E-state index contributed by atoms with van der Waals surface area (Å²) < 4.78 is 0. The lowest BCUT2D eigenvalue weighted by atomic mass is 10.0. The van der Waals surface area contributed by atoms with Gasteiger partial charge in [-0.05, 0) is 96.3 Å². The van der Waals surface area contributed by atoms with Gasteiger partial charge in [0.05, 0.1) is 18.8 Å². The van der Waals surface area contributed by atoms with E-state index in [1.807, 2.05) is 6.08 Å². The minimum Gasteiger partial charge on any atom is -0.394 e. The van der Waals surface area contributed by atoms with Crippen LogP contribution in [0.15, 0.2) is 109 Å². The van der Waals surface area contributed by atoms with Crippen LogP contribution in [0.4, 0.5) is 0 Å². The Kier molecular flexibility index (Phi) is 53.9. The van der Waals surface area contributed by atoms with Gasteiger partial charge >= 0.3 is 0 Å². The van der Waals surface area contributed by atoms with Gasteiger partial charge in [-0.15, -0.1) is 0 Å². The highest BCUT2D eigenvalue weighted by Crippen LogP contribution is 2.16. The van der Waals surface area contributed by atoms with E-state index < -0.39 is 12.1 Å². The Bertz CT molecular complexity index is 1270. The third-order valence-electron chi connectivity index (χ3n) is 12.2. The minimum atomic E-state index is -0.874. The molecule has 0 aromatic rings. The van der Waals surface area contributed by atoms with Crippen LogP contribution in [0.2, 0.25) is 0 Å². The molecule has 0 bridgehead atoms. The summed E-state index contributed by atoms with van der Waals surface area (Å²) in [5.41, 5.74) is 0. The van der Waals surface area contributed by atoms with E-state index in [9.17, 15) is 15.0 Å². The van der Waals surface area contributed by atoms with Crippen LogP contribution in [-0.4, -0.2) is 34.9 Å². The van der Waals surface area contributed by atoms with Gasteiger partial charge in [-0.1, -0.05) is 264 Å². The van der Waals surface area contributed by atoms with Crippen LogP contribution < -0.4 is 5.32 Å². The second-order valence-electron chi connectivity index (χ2n) is 18.6. The van der Waals surface area contributed by atoms with Gasteiger partial charge in [0.15, 0.2) is 0 Å². The van der Waals surface area contributed by atoms with E-state index in [0.717, 1.165) is 77.0 Å². The van der Waals surface area contributed by atoms with Crippen LogP contribution >= 0.6 is 0 Å². The molecular formula is C62H107NO3. The highest BCUT2D eigenvalue weighted by atomic mass is 16.3. The number of aliphatic hydroxyl groups excluding tert-OH is 2. The van der Waals surface area contributed by atoms with Crippen LogP contribution in [0.5, 0.6) is 0 Å². The summed E-state index contributed by atoms with van der Waals surface area (Å²) in [5.74, 6) is -0.0793. The average molecular weight is 915 g/mol. The van der Waals surface area contributed by atoms with E-state index in [1.54, 1.807) is 6.08 Å². The fourth-order valence-corrected chi connectivity index (χ4v) is 7.98. The molecule has 4 heteroatoms. The lowest BCUT2D eigenvalue weighted by Gasteiger charge is -2.19. The molecular weight excluding hydrogens is 807 g/mol. The second kappa shape index (κ2) is 56.4. The molecule has 66 heavy (non-hydrogen) atoms. The Morgan fingerprint density at radius 3 is 1.06 bits per heavy atom. The Hall–Kier alpha value is -2.95. The summed E-state index contributed by atoms with van der Waals surface area (Å²) >= 11 is 0. The van der Waals surface area contributed by atoms with Crippen LogP contribution in [0.3, 0.4) is 0 Å². The number of carbonyl (C=O) groups is 1. The largest absolute Gasteiger partial charge is 0.394 e. The van der Waals surface area contributed by atoms with Crippen LogP contribution in [0.25, 0.3) is 0 Å². The van der Waals surface area contributed by atoms with Crippen molar-refractivity contribution in [1.29, 1.82) is 0 Å². The number of aliphatic hydroxyl groups is 2. The summed E-state index contributed by atoms with van der Waals surface area (Å²) in [6, 6.07) is -0.650. The van der Waals surface area contributed by atoms with E-state index in [1.165, 1.54) is 161 Å². The number of rotatable bonds is 50. The van der Waals surface area contributed by atoms with Gasteiger partial charge in [-0.25, -0.2) is 0 Å². The first-order valence-corrected chi connectivity index (χ1v) is 28.1. The molecule has 4 nitrogen and oxygen atoms in total. The van der Waals surface area contributed by atoms with Crippen molar-refractivity contribution in [1.82, 2.24) is 5.32 Å². The summed E-state index contributed by atoms with van der Waals surface area (Å²) in [7, 11) is 0. The molecule has 0 aliphatic heterocycles. The number of unbranched alkanes of at least 4 members (excludes halogenated alkanes) is 27. The maximum absolute atomic E-state index is 12.5. The number of hydrogen-bond donors (Lipinski definition) is 3. The quantitative estimate of drug-likeness (QED) is 0.0421. The summed E-state index contributed by atoms with van der Waals surface area (Å²) in [6.45, 7) is 4.17. The van der Waals surface area contributed by atoms with E-state index >= 15 is 0 Å². The predicted octanol–water partition coefficient (Wildman–Crippen LogP) is 18.7. The molecule has 2 unspecified atom stereocenters. The van der Waals surface area contributed by atoms with Crippen LogP contribution in [0, 0.1) is 0 Å². The molecule has 2 atom stereocenters. The van der Waals surface area contributed by atoms with Crippen molar-refractivity contribution in [2.24, 2.45) is 0 Å². The molecule has 0 aromatic heterocycles. The summed E-state index contributed by atoms with van der Waals surface area (Å²) in [5, 5.41) is 23.1. The predicted molar refractivity (Wildman–Crippen MR) is 294 cm³/mol. The maximum Gasteiger partial charge on any atom is 0.220 e. The maximum atomic E-state index is 12.5. The monoisotopic (exact) mass is 914 g/mol. The number of carbonyl (C=O) groups excluding carboxylic acids is 1. The third kappa shape index (κ3) is 52.0. The third-order valence-corrected chi connectivity index (χ3v) is 12.2. The summed E-state index contributed by atoms with van der Waals surface area (Å²) in [4.78, 5) is 12.5. The molecule has 0 saturated carbocycles. The van der Waals surface area contributed by atoms with Crippen molar-refractivity contribution in [3.63, 3.8) is 0 Å². The first-order valence-electron chi connectivity index (χ1n) is 28.1. The van der Waals surface area contributed by atoms with Gasteiger partial charge in [-0.2, -0.15) is 0 Å². The molecule has 0 aliphatic carbocycles. The van der Waals surface area contributed by atoms with Gasteiger partial charge in [0.1, 0.15) is 0 Å². The fourth-order valence-electron chi connectivity index (χ4n) is 7.98. The van der Waals surface area contributed by atoms with Crippen LogP contribution in [-0.2, 0) is 4.79 Å². The SMILES string of the molecule is CC/C=C\C/C=C\C/C=C\C/C=C\C/C=C\C/C=C\CCCCCCCCCCCCCCCCCCCCC(=O)NC(CO)C(O)/C=C/CC/C=C/CC/C=C/CCCCCCCCC. The minimum absolute atomic E-state index is 0.0793. The normalized spacial score (nSPS) is 13.7. The number of amides is 1. The van der Waals surface area contributed by atoms with Crippen molar-refractivity contribution in [3.05, 3.63) is 109 Å². The Labute approximate surface area is 410 Å². The number of allylic oxidation sites excluding steroid dienone is 17. The summed E-state index contributed by atoms with van der Waals surface area (Å²) in [6.07, 6.45) is 85.3. The molecule has 378 valence electrons. The van der Waals surface area contributed by atoms with E-state index in [-0.39, 0.29) is 12.5 Å². The smallest absolute Gasteiger partial charge is 0.220 e. The van der Waals surface area contributed by atoms with Gasteiger partial charge in [0.2, 0.25) is 5.91 Å². The Morgan fingerprint density at radius 2 is 0.682 bits per heavy atom. The molecule has 3 N–H and O–H groups in total. The van der Waals surface area contributed by atoms with E-state index in [0.29, 0.717) is 6.42 Å². The molecule has 0 rings (SSSR count). The first-order chi connectivity index (χ1) is 32.7. The van der Waals surface area contributed by atoms with Crippen molar-refractivity contribution in [2.45, 2.75) is 270 Å². The molecule has 0 saturated heterocycles. The first kappa shape index (κ1) is 63.1. The fraction of sp³-hybridized carbons (Fsp3) is 0.694. The van der Waals surface area contributed by atoms with Crippen molar-refractivity contribution >= 4 is 5.91 Å². The molecule has 0 radical (unpaired) electrons. The van der Waals surface area contributed by atoms with E-state index in [2.05, 4.69) is 116 Å². The standard InChI is InChI=1S/C62H107NO3/c1-3-5-7-9-11-13-15-17-19-21-22-23-24-25-26-27-28-29-30-31-32-33-34-35-36-37-38-39-40-42-44-46-48-50-52-54-56-58-62(66)63-60(59-64)61(65)57-55-53-51-49-47-45-43-41-20-18-16-14-12-10-8-6-4-2/h5,7,11,13,17,19-20,22-23,25-26,28-29,41,47,49,55,57,60-61,64-65H,3-4,6,8-10,12,14-16,18,21,24,27,30-40,42-46,48,50-54,56,58-59H2,1-2H3,(H,63,66)/b7-5-,13-11-,19-17-,23-22-,26-25-,29-28-,41-20+,49-47+,57-55+. The molecule has 0 aromatic carbocycles. The van der Waals surface area contributed by atoms with Gasteiger partial charge < -0.3 is 15.5 Å². The van der Waals surface area contributed by atoms with Gasteiger partial charge in [0.25, 0.3) is 0 Å². The highest BCUT2D eigenvalue weighted by molar-refractivity contribution is 5.76. The average Bonchev–Trinajstić information content (AvgIpc) is 3.32. The molecule has 1 amide bonds. The van der Waals surface area contributed by atoms with Crippen LogP contribution in [0.1, 0.15) is 258 Å². The van der Waals surface area contributed by atoms with Crippen molar-refractivity contribution in [3.8, 4) is 0 Å². The molecule has 0 spiro atoms. The Balaban J connectivity index is 3.53. The molecule has 0 fully saturated rings. The van der Waals surface area contributed by atoms with Gasteiger partial charge in [0, 0.05) is 6.42 Å². The van der Waals surface area contributed by atoms with Gasteiger partial charge in [-0.3, -0.25) is 4.79 Å². The number of hydrogen-bond acceptors (Lipinski definition) is 3. The molecule has 0 aliphatic rings. The lowest BCUT2D eigenvalue weighted by Crippen LogP contribution is -2.45. The zero-order chi connectivity index (χ0) is 47.7. The number of nitrogens with one attached hydrogen (secondary N) is 1. The topological polar surface area (TPSA) is 69.6 Å². The van der Waals surface area contributed by atoms with Crippen molar-refractivity contribution in [2.75, 3.05) is 6.61 Å². The lowest BCUT2D eigenvalue weighted by molar-refractivity contribution is -0.123. The van der Waals surface area contributed by atoms with E-state index in [4.69, 9.17) is 0 Å². The highest BCUT2D eigenvalue weighted by Gasteiger charge is 2.17. The molecule has 0 heterocycles. The second-order valence-corrected chi connectivity index (χ2v) is 18.6. The van der Waals surface area contributed by atoms with Crippen molar-refractivity contribution < 1.29 is 15.0 Å².